The van der Waals surface area contributed by atoms with Crippen molar-refractivity contribution in [1.29, 1.82) is 0 Å². The fraction of sp³-hybridized carbons (Fsp3) is 0.538. The van der Waals surface area contributed by atoms with E-state index in [0.29, 0.717) is 5.92 Å². The van der Waals surface area contributed by atoms with E-state index in [4.69, 9.17) is 10.5 Å². The Morgan fingerprint density at radius 1 is 1.47 bits per heavy atom. The first-order valence-electron chi connectivity index (χ1n) is 5.71. The highest BCUT2D eigenvalue weighted by atomic mass is 16.5. The molecule has 1 aromatic carbocycles. The number of nitrogens with two attached hydrogens (primary N) is 1. The van der Waals surface area contributed by atoms with Gasteiger partial charge < -0.3 is 10.5 Å². The third-order valence-electron chi connectivity index (χ3n) is 3.01. The Hall–Kier alpha value is -1.02. The van der Waals surface area contributed by atoms with Gasteiger partial charge in [-0.2, -0.15) is 0 Å². The van der Waals surface area contributed by atoms with Crippen LogP contribution in [0, 0.1) is 12.8 Å². The quantitative estimate of drug-likeness (QED) is 0.820. The topological polar surface area (TPSA) is 35.2 Å². The summed E-state index contributed by atoms with van der Waals surface area (Å²) in [6.07, 6.45) is 2.57. The minimum absolute atomic E-state index is 0.222. The summed E-state index contributed by atoms with van der Waals surface area (Å²) < 4.78 is 5.51. The Bertz CT molecular complexity index is 344. The van der Waals surface area contributed by atoms with Crippen LogP contribution in [0.2, 0.25) is 0 Å². The Kier molecular flexibility index (Phi) is 2.96. The third kappa shape index (κ3) is 2.32. The van der Waals surface area contributed by atoms with Crippen molar-refractivity contribution < 1.29 is 4.74 Å². The van der Waals surface area contributed by atoms with Crippen molar-refractivity contribution >= 4 is 0 Å². The molecule has 2 nitrogen and oxygen atoms in total. The van der Waals surface area contributed by atoms with Crippen molar-refractivity contribution in [2.24, 2.45) is 11.7 Å². The minimum Gasteiger partial charge on any atom is -0.494 e. The van der Waals surface area contributed by atoms with Gasteiger partial charge in [0.2, 0.25) is 0 Å². The molecule has 0 heterocycles. The smallest absolute Gasteiger partial charge is 0.122 e. The molecule has 1 atom stereocenters. The SMILES string of the molecule is CCOc1ccc(C(N)C2CC2)cc1C. The van der Waals surface area contributed by atoms with Gasteiger partial charge in [0, 0.05) is 6.04 Å². The summed E-state index contributed by atoms with van der Waals surface area (Å²) in [5.74, 6) is 1.69. The molecule has 0 aromatic heterocycles. The Morgan fingerprint density at radius 2 is 2.20 bits per heavy atom. The lowest BCUT2D eigenvalue weighted by Crippen LogP contribution is -2.12. The van der Waals surface area contributed by atoms with Crippen molar-refractivity contribution in [3.8, 4) is 5.75 Å². The molecule has 0 bridgehead atoms. The van der Waals surface area contributed by atoms with E-state index in [2.05, 4.69) is 19.1 Å². The summed E-state index contributed by atoms with van der Waals surface area (Å²) in [5.41, 5.74) is 8.59. The van der Waals surface area contributed by atoms with Gasteiger partial charge in [0.15, 0.2) is 0 Å². The van der Waals surface area contributed by atoms with Gasteiger partial charge in [-0.05, 0) is 49.8 Å². The molecule has 1 aliphatic carbocycles. The summed E-state index contributed by atoms with van der Waals surface area (Å²) in [6, 6.07) is 6.52. The minimum atomic E-state index is 0.222. The molecule has 0 saturated heterocycles. The summed E-state index contributed by atoms with van der Waals surface area (Å²) in [6.45, 7) is 4.80. The molecule has 0 amide bonds. The van der Waals surface area contributed by atoms with E-state index in [1.165, 1.54) is 24.0 Å². The van der Waals surface area contributed by atoms with Gasteiger partial charge in [-0.15, -0.1) is 0 Å². The van der Waals surface area contributed by atoms with E-state index in [1.807, 2.05) is 13.0 Å². The monoisotopic (exact) mass is 205 g/mol. The van der Waals surface area contributed by atoms with Crippen LogP contribution in [0.1, 0.15) is 36.9 Å². The summed E-state index contributed by atoms with van der Waals surface area (Å²) in [5, 5.41) is 0. The number of rotatable bonds is 4. The van der Waals surface area contributed by atoms with Crippen molar-refractivity contribution in [2.45, 2.75) is 32.7 Å². The van der Waals surface area contributed by atoms with Crippen LogP contribution in [0.5, 0.6) is 5.75 Å². The fourth-order valence-electron chi connectivity index (χ4n) is 1.92. The van der Waals surface area contributed by atoms with Gasteiger partial charge in [0.1, 0.15) is 5.75 Å². The average molecular weight is 205 g/mol. The molecule has 1 aromatic rings. The van der Waals surface area contributed by atoms with E-state index >= 15 is 0 Å². The number of hydrogen-bond donors (Lipinski definition) is 1. The van der Waals surface area contributed by atoms with E-state index in [9.17, 15) is 0 Å². The number of ether oxygens (including phenoxy) is 1. The first kappa shape index (κ1) is 10.5. The highest BCUT2D eigenvalue weighted by Gasteiger charge is 2.29. The van der Waals surface area contributed by atoms with Crippen LogP contribution in [-0.2, 0) is 0 Å². The molecule has 15 heavy (non-hydrogen) atoms. The second kappa shape index (κ2) is 4.23. The van der Waals surface area contributed by atoms with Gasteiger partial charge >= 0.3 is 0 Å². The van der Waals surface area contributed by atoms with Crippen LogP contribution >= 0.6 is 0 Å². The standard InChI is InChI=1S/C13H19NO/c1-3-15-12-7-6-11(8-9(12)2)13(14)10-4-5-10/h6-8,10,13H,3-5,14H2,1-2H3. The molecule has 0 spiro atoms. The number of aryl methyl sites for hydroxylation is 1. The van der Waals surface area contributed by atoms with Crippen LogP contribution < -0.4 is 10.5 Å². The largest absolute Gasteiger partial charge is 0.494 e. The lowest BCUT2D eigenvalue weighted by atomic mass is 10.0. The highest BCUT2D eigenvalue weighted by Crippen LogP contribution is 2.40. The lowest BCUT2D eigenvalue weighted by molar-refractivity contribution is 0.337. The van der Waals surface area contributed by atoms with E-state index in [-0.39, 0.29) is 6.04 Å². The van der Waals surface area contributed by atoms with E-state index in [0.717, 1.165) is 12.4 Å². The van der Waals surface area contributed by atoms with Crippen molar-refractivity contribution in [2.75, 3.05) is 6.61 Å². The molecule has 1 fully saturated rings. The van der Waals surface area contributed by atoms with E-state index in [1.54, 1.807) is 0 Å². The second-order valence-corrected chi connectivity index (χ2v) is 4.32. The summed E-state index contributed by atoms with van der Waals surface area (Å²) in [4.78, 5) is 0. The summed E-state index contributed by atoms with van der Waals surface area (Å²) >= 11 is 0. The zero-order valence-electron chi connectivity index (χ0n) is 9.49. The zero-order valence-corrected chi connectivity index (χ0v) is 9.49. The molecular formula is C13H19NO. The lowest BCUT2D eigenvalue weighted by Gasteiger charge is -2.13. The third-order valence-corrected chi connectivity index (χ3v) is 3.01. The van der Waals surface area contributed by atoms with Gasteiger partial charge in [0.25, 0.3) is 0 Å². The first-order valence-corrected chi connectivity index (χ1v) is 5.71. The predicted octanol–water partition coefficient (Wildman–Crippen LogP) is 2.80. The van der Waals surface area contributed by atoms with Gasteiger partial charge in [-0.3, -0.25) is 0 Å². The van der Waals surface area contributed by atoms with Crippen LogP contribution in [0.4, 0.5) is 0 Å². The van der Waals surface area contributed by atoms with Crippen LogP contribution in [0.3, 0.4) is 0 Å². The van der Waals surface area contributed by atoms with Crippen LogP contribution in [0.25, 0.3) is 0 Å². The zero-order chi connectivity index (χ0) is 10.8. The fourth-order valence-corrected chi connectivity index (χ4v) is 1.92. The second-order valence-electron chi connectivity index (χ2n) is 4.32. The average Bonchev–Trinajstić information content (AvgIpc) is 3.04. The molecule has 2 heteroatoms. The van der Waals surface area contributed by atoms with E-state index < -0.39 is 0 Å². The molecule has 0 radical (unpaired) electrons. The van der Waals surface area contributed by atoms with Gasteiger partial charge in [-0.1, -0.05) is 12.1 Å². The molecule has 0 aliphatic heterocycles. The number of benzene rings is 1. The molecule has 2 N–H and O–H groups in total. The molecule has 1 unspecified atom stereocenters. The molecule has 82 valence electrons. The maximum absolute atomic E-state index is 6.15. The van der Waals surface area contributed by atoms with Gasteiger partial charge in [0.05, 0.1) is 6.61 Å². The maximum atomic E-state index is 6.15. The van der Waals surface area contributed by atoms with Crippen LogP contribution in [0.15, 0.2) is 18.2 Å². The molecule has 1 aliphatic rings. The van der Waals surface area contributed by atoms with Gasteiger partial charge in [-0.25, -0.2) is 0 Å². The Morgan fingerprint density at radius 3 is 2.73 bits per heavy atom. The van der Waals surface area contributed by atoms with Crippen molar-refractivity contribution in [3.63, 3.8) is 0 Å². The normalized spacial score (nSPS) is 17.5. The van der Waals surface area contributed by atoms with Crippen LogP contribution in [-0.4, -0.2) is 6.61 Å². The molecule has 1 saturated carbocycles. The molecular weight excluding hydrogens is 186 g/mol. The maximum Gasteiger partial charge on any atom is 0.122 e. The number of hydrogen-bond acceptors (Lipinski definition) is 2. The Labute approximate surface area is 91.4 Å². The predicted molar refractivity (Wildman–Crippen MR) is 62.0 cm³/mol. The summed E-state index contributed by atoms with van der Waals surface area (Å²) in [7, 11) is 0. The van der Waals surface area contributed by atoms with Crippen molar-refractivity contribution in [3.05, 3.63) is 29.3 Å². The highest BCUT2D eigenvalue weighted by molar-refractivity contribution is 5.37. The first-order chi connectivity index (χ1) is 7.22. The Balaban J connectivity index is 2.16. The van der Waals surface area contributed by atoms with Crippen molar-refractivity contribution in [1.82, 2.24) is 0 Å². The molecule has 2 rings (SSSR count).